The highest BCUT2D eigenvalue weighted by Gasteiger charge is 2.28. The number of aryl methyl sites for hydroxylation is 2. The van der Waals surface area contributed by atoms with Crippen LogP contribution in [0.1, 0.15) is 65.6 Å². The summed E-state index contributed by atoms with van der Waals surface area (Å²) in [4.78, 5) is 55.4. The van der Waals surface area contributed by atoms with Crippen molar-refractivity contribution in [2.75, 3.05) is 11.9 Å². The molecule has 20 nitrogen and oxygen atoms in total. The Balaban J connectivity index is 0.000000141. The molecule has 0 fully saturated rings. The van der Waals surface area contributed by atoms with Crippen molar-refractivity contribution in [3.8, 4) is 33.8 Å². The first-order valence-electron chi connectivity index (χ1n) is 27.7. The van der Waals surface area contributed by atoms with Crippen LogP contribution < -0.4 is 10.6 Å². The maximum atomic E-state index is 12.3. The van der Waals surface area contributed by atoms with Crippen LogP contribution in [0.4, 0.5) is 23.7 Å². The molecule has 0 aliphatic rings. The number of aliphatic hydroxyl groups is 1. The van der Waals surface area contributed by atoms with E-state index in [9.17, 15) is 32.7 Å². The number of hydrogen-bond donors (Lipinski definition) is 3. The zero-order valence-electron chi connectivity index (χ0n) is 49.8. The van der Waals surface area contributed by atoms with Crippen LogP contribution >= 0.6 is 34.2 Å². The minimum absolute atomic E-state index is 0.0120. The molecule has 456 valence electrons. The van der Waals surface area contributed by atoms with E-state index in [1.807, 2.05) is 154 Å². The monoisotopic (exact) mass is 1340 g/mol. The number of ketones is 2. The van der Waals surface area contributed by atoms with Crippen molar-refractivity contribution < 1.29 is 32.7 Å². The summed E-state index contributed by atoms with van der Waals surface area (Å²) in [5.74, 6) is 0.0317. The molecule has 2 amide bonds. The summed E-state index contributed by atoms with van der Waals surface area (Å²) in [5.41, 5.74) is 16.3. The van der Waals surface area contributed by atoms with Crippen molar-refractivity contribution in [3.05, 3.63) is 213 Å². The van der Waals surface area contributed by atoms with Gasteiger partial charge in [0, 0.05) is 144 Å². The van der Waals surface area contributed by atoms with Gasteiger partial charge in [-0.05, 0) is 148 Å². The molecule has 13 aromatic rings. The highest BCUT2D eigenvalue weighted by molar-refractivity contribution is 14.1. The Labute approximate surface area is 527 Å². The average molecular weight is 1340 g/mol. The van der Waals surface area contributed by atoms with Gasteiger partial charge in [-0.15, -0.1) is 0 Å². The first-order chi connectivity index (χ1) is 42.5. The van der Waals surface area contributed by atoms with E-state index in [-0.39, 0.29) is 17.3 Å². The second kappa shape index (κ2) is 27.4. The van der Waals surface area contributed by atoms with Gasteiger partial charge in [0.2, 0.25) is 0 Å². The molecule has 0 atom stereocenters. The molecule has 0 aliphatic heterocycles. The summed E-state index contributed by atoms with van der Waals surface area (Å²) in [6.07, 6.45) is 19.8. The molecule has 0 bridgehead atoms. The number of nitrogens with one attached hydrogen (secondary N) is 2. The van der Waals surface area contributed by atoms with Crippen LogP contribution in [0.5, 0.6) is 0 Å². The van der Waals surface area contributed by atoms with Gasteiger partial charge in [0.15, 0.2) is 11.6 Å². The number of benzene rings is 1. The number of fused-ring (bicyclic) bond motifs is 5. The van der Waals surface area contributed by atoms with Crippen molar-refractivity contribution in [1.29, 1.82) is 0 Å². The number of aliphatic hydroxyl groups excluding tert-OH is 1. The van der Waals surface area contributed by atoms with E-state index in [0.717, 1.165) is 87.6 Å². The predicted octanol–water partition coefficient (Wildman–Crippen LogP) is 13.8. The number of pyridine rings is 5. The molecule has 89 heavy (non-hydrogen) atoms. The summed E-state index contributed by atoms with van der Waals surface area (Å²) >= 11 is 8.00. The number of imidazole rings is 5. The Morgan fingerprint density at radius 3 is 1.66 bits per heavy atom. The van der Waals surface area contributed by atoms with Gasteiger partial charge in [0.1, 0.15) is 44.2 Å². The van der Waals surface area contributed by atoms with Gasteiger partial charge in [0.05, 0.1) is 29.5 Å². The molecule has 1 aromatic carbocycles. The second-order valence-corrected chi connectivity index (χ2v) is 22.0. The van der Waals surface area contributed by atoms with Crippen molar-refractivity contribution in [1.82, 2.24) is 71.8 Å². The highest BCUT2D eigenvalue weighted by atomic mass is 127. The largest absolute Gasteiger partial charge is 0.507 e. The molecule has 12 heterocycles. The number of aromatic nitrogens is 14. The summed E-state index contributed by atoms with van der Waals surface area (Å²) in [6.45, 7) is 11.7. The lowest BCUT2D eigenvalue weighted by atomic mass is 10.1. The lowest BCUT2D eigenvalue weighted by molar-refractivity contribution is -0.122. The first kappa shape index (κ1) is 63.5. The fraction of sp³-hybridized carbons (Fsp3) is 0.188. The lowest BCUT2D eigenvalue weighted by Crippen LogP contribution is -2.36. The molecule has 25 heteroatoms. The molecule has 0 saturated heterocycles. The fourth-order valence-electron chi connectivity index (χ4n) is 9.14. The minimum atomic E-state index is -4.47. The molecule has 13 rings (SSSR count). The number of amides is 2. The first-order valence-corrected chi connectivity index (χ1v) is 29.1. The molecular weight excluding hydrogens is 1280 g/mol. The van der Waals surface area contributed by atoms with E-state index in [0.29, 0.717) is 23.2 Å². The van der Waals surface area contributed by atoms with Gasteiger partial charge in [-0.25, -0.2) is 29.7 Å². The second-order valence-electron chi connectivity index (χ2n) is 20.4. The average Bonchev–Trinajstić information content (AvgIpc) is 2.23. The molecule has 12 aromatic heterocycles. The number of Topliss-reactive ketones (excluding diaryl/α,β-unsaturated/α-hetero) is 2. The van der Waals surface area contributed by atoms with E-state index in [1.165, 1.54) is 18.2 Å². The van der Waals surface area contributed by atoms with Crippen LogP contribution in [-0.4, -0.2) is 102 Å². The molecule has 0 unspecified atom stereocenters. The summed E-state index contributed by atoms with van der Waals surface area (Å²) in [7, 11) is 3.88. The van der Waals surface area contributed by atoms with Gasteiger partial charge in [-0.2, -0.15) is 23.4 Å². The SMILES string of the molecule is CC(=O)C(C)=C(O)c1ccn2ccnc2c1.CCC(=O)c1ccn2ccnc2c1.Cc1c(-c2ccn3c(-c4cccc(NC(=O)NCC(F)(F)F)c4)cnc3c2)nn(C)c1C.Cc1c(-c2ccn3c(I)cnc3c2)nn(C)c1C.Clc1ccn2ccnc2c1. The van der Waals surface area contributed by atoms with E-state index >= 15 is 0 Å². The van der Waals surface area contributed by atoms with Crippen LogP contribution in [0.15, 0.2) is 171 Å². The zero-order chi connectivity index (χ0) is 63.8. The molecule has 3 N–H and O–H groups in total. The van der Waals surface area contributed by atoms with Crippen LogP contribution in [0, 0.1) is 31.4 Å². The molecule has 0 aliphatic carbocycles. The Morgan fingerprint density at radius 2 is 1.12 bits per heavy atom. The lowest BCUT2D eigenvalue weighted by Gasteiger charge is -2.11. The van der Waals surface area contributed by atoms with E-state index in [1.54, 1.807) is 73.6 Å². The normalized spacial score (nSPS) is 11.5. The van der Waals surface area contributed by atoms with Gasteiger partial charge in [-0.3, -0.25) is 27.8 Å². The smallest absolute Gasteiger partial charge is 0.405 e. The van der Waals surface area contributed by atoms with E-state index in [2.05, 4.69) is 93.4 Å². The highest BCUT2D eigenvalue weighted by Crippen LogP contribution is 2.30. The third-order valence-electron chi connectivity index (χ3n) is 14.6. The van der Waals surface area contributed by atoms with Crippen molar-refractivity contribution in [2.24, 2.45) is 14.1 Å². The molecule has 0 saturated carbocycles. The van der Waals surface area contributed by atoms with Crippen LogP contribution in [0.25, 0.3) is 67.8 Å². The quantitative estimate of drug-likeness (QED) is 0.0534. The van der Waals surface area contributed by atoms with Crippen molar-refractivity contribution >= 4 is 91.5 Å². The van der Waals surface area contributed by atoms with Crippen LogP contribution in [0.2, 0.25) is 5.02 Å². The standard InChI is InChI=1S/C22H21F3N6O.C13H13IN4.C12H12N2O2.C10H10N2O.C7H5ClN2/c1-13-14(2)30(3)29-20(13)16-7-8-31-18(11-26-19(31)10-16)15-5-4-6-17(9-15)28-21(32)27-12-22(23,24)25;1-8-9(2)17(3)16-13(8)10-4-5-18-11(14)7-15-12(18)6-10;1-8(9(2)15)12(16)10-3-5-14-6-4-13-11(14)7-10;1-2-9(13)8-3-5-12-6-4-11-10(12)7-8;8-6-1-3-10-4-2-9-7(10)5-6/h4-11H,12H2,1-3H3,(H2,27,28,32);4-7H,1-3H3;3-7,16H,1-2H3;3-7H,2H2,1H3;1-5H. The Kier molecular flexibility index (Phi) is 19.6. The Bertz CT molecular complexity index is 4760. The zero-order valence-corrected chi connectivity index (χ0v) is 52.7. The number of halogens is 5. The topological polar surface area (TPSA) is 218 Å². The molecule has 0 spiro atoms. The van der Waals surface area contributed by atoms with Crippen molar-refractivity contribution in [2.45, 2.75) is 61.1 Å². The van der Waals surface area contributed by atoms with Gasteiger partial charge < -0.3 is 28.9 Å². The van der Waals surface area contributed by atoms with E-state index < -0.39 is 18.8 Å². The Morgan fingerprint density at radius 1 is 0.607 bits per heavy atom. The van der Waals surface area contributed by atoms with Crippen molar-refractivity contribution in [3.63, 3.8) is 0 Å². The van der Waals surface area contributed by atoms with Gasteiger partial charge in [0.25, 0.3) is 0 Å². The number of alkyl halides is 3. The number of anilines is 1. The number of carbonyl (C=O) groups is 3. The number of urea groups is 1. The van der Waals surface area contributed by atoms with Crippen LogP contribution in [-0.2, 0) is 18.9 Å². The predicted molar refractivity (Wildman–Crippen MR) is 346 cm³/mol. The number of nitrogens with zero attached hydrogens (tertiary/aromatic N) is 14. The maximum Gasteiger partial charge on any atom is 0.405 e. The number of carbonyl (C=O) groups excluding carboxylic acids is 3. The molecule has 0 radical (unpaired) electrons. The number of hydrogen-bond acceptors (Lipinski definition) is 11. The number of allylic oxidation sites excluding steroid dienone is 1. The molecular formula is C64H61ClF3IN16O4. The van der Waals surface area contributed by atoms with Crippen LogP contribution in [0.3, 0.4) is 0 Å². The summed E-state index contributed by atoms with van der Waals surface area (Å²) in [5, 5.41) is 24.0. The third-order valence-corrected chi connectivity index (χ3v) is 15.6. The third kappa shape index (κ3) is 15.1. The van der Waals surface area contributed by atoms with E-state index in [4.69, 9.17) is 11.6 Å². The minimum Gasteiger partial charge on any atom is -0.507 e. The Hall–Kier alpha value is -9.95. The maximum absolute atomic E-state index is 12.3. The summed E-state index contributed by atoms with van der Waals surface area (Å²) in [6, 6.07) is 24.7. The number of rotatable bonds is 9. The fourth-order valence-corrected chi connectivity index (χ4v) is 9.84. The van der Waals surface area contributed by atoms with Gasteiger partial charge in [-0.1, -0.05) is 30.7 Å². The van der Waals surface area contributed by atoms with Gasteiger partial charge >= 0.3 is 12.2 Å². The summed E-state index contributed by atoms with van der Waals surface area (Å²) < 4.78 is 51.3.